The number of benzene rings is 12. The molecule has 0 amide bonds. The molecule has 0 radical (unpaired) electrons. The van der Waals surface area contributed by atoms with Crippen LogP contribution in [0, 0.1) is 0 Å². The van der Waals surface area contributed by atoms with Crippen LogP contribution in [0.15, 0.2) is 218 Å². The van der Waals surface area contributed by atoms with Crippen molar-refractivity contribution in [3.05, 3.63) is 263 Å². The Morgan fingerprint density at radius 2 is 0.837 bits per heavy atom. The summed E-state index contributed by atoms with van der Waals surface area (Å²) in [6, 6.07) is 85.3. The van der Waals surface area contributed by atoms with Gasteiger partial charge in [-0.25, -0.2) is 0 Å². The van der Waals surface area contributed by atoms with Gasteiger partial charge in [-0.05, 0) is 191 Å². The maximum Gasteiger partial charge on any atom is 0.0594 e. The molecule has 2 unspecified atom stereocenters. The summed E-state index contributed by atoms with van der Waals surface area (Å²) >= 11 is 0. The van der Waals surface area contributed by atoms with E-state index in [4.69, 9.17) is 0 Å². The standard InChI is InChI=1S/C82H74N4/c1-5-22-58-49-77(83(60-39-38-55-26-9-10-28-57(55)48-60)61-40-42-68-66-31-15-19-35-75(66)85(79(68)51-61)72-33-17-12-24-53(72)7-3)70-46-44-65-59(23-6-2)50-78(71-47-45-64(58)81(70)82(65)71)84(74-37-21-29-56-27-11-14-30-63(56)74)62-41-43-69-67-32-16-20-36-76(67)86(80(69)52-62)73-34-18-13-25-54(73)8-4/h9-20,24-28,30-36,40-47,49-52,60,74H,5-8,21-23,29,37-39,48H2,1-4H3. The molecule has 0 bridgehead atoms. The molecule has 422 valence electrons. The number of fused-ring (bicyclic) bond motifs is 8. The Morgan fingerprint density at radius 1 is 0.372 bits per heavy atom. The molecule has 12 aromatic carbocycles. The molecule has 4 nitrogen and oxygen atoms in total. The molecule has 2 aromatic heterocycles. The van der Waals surface area contributed by atoms with Crippen molar-refractivity contribution in [1.82, 2.24) is 9.13 Å². The third-order valence-electron chi connectivity index (χ3n) is 20.0. The highest BCUT2D eigenvalue weighted by Gasteiger charge is 2.33. The van der Waals surface area contributed by atoms with Crippen LogP contribution < -0.4 is 9.80 Å². The lowest BCUT2D eigenvalue weighted by molar-refractivity contribution is 0.559. The van der Waals surface area contributed by atoms with Crippen LogP contribution in [0.2, 0.25) is 0 Å². The first kappa shape index (κ1) is 52.4. The molecule has 4 heteroatoms. The van der Waals surface area contributed by atoms with E-state index in [1.54, 1.807) is 0 Å². The highest BCUT2D eigenvalue weighted by atomic mass is 15.2. The number of rotatable bonds is 14. The highest BCUT2D eigenvalue weighted by molar-refractivity contribution is 6.29. The predicted octanol–water partition coefficient (Wildman–Crippen LogP) is 21.7. The zero-order valence-corrected chi connectivity index (χ0v) is 50.2. The second-order valence-electron chi connectivity index (χ2n) is 24.8. The molecule has 0 saturated heterocycles. The lowest BCUT2D eigenvalue weighted by Gasteiger charge is -2.39. The van der Waals surface area contributed by atoms with Gasteiger partial charge < -0.3 is 18.9 Å². The van der Waals surface area contributed by atoms with Crippen LogP contribution in [0.3, 0.4) is 0 Å². The summed E-state index contributed by atoms with van der Waals surface area (Å²) in [5, 5.41) is 13.4. The van der Waals surface area contributed by atoms with Crippen molar-refractivity contribution in [3.63, 3.8) is 0 Å². The van der Waals surface area contributed by atoms with Gasteiger partial charge in [0.15, 0.2) is 0 Å². The third kappa shape index (κ3) is 8.30. The van der Waals surface area contributed by atoms with Crippen molar-refractivity contribution in [3.8, 4) is 11.4 Å². The Labute approximate surface area is 505 Å². The first-order valence-electron chi connectivity index (χ1n) is 32.2. The van der Waals surface area contributed by atoms with Crippen molar-refractivity contribution in [2.45, 2.75) is 117 Å². The summed E-state index contributed by atoms with van der Waals surface area (Å²) in [6.45, 7) is 9.30. The molecule has 86 heavy (non-hydrogen) atoms. The Kier molecular flexibility index (Phi) is 13.1. The quantitative estimate of drug-likeness (QED) is 0.101. The molecule has 2 aliphatic rings. The minimum absolute atomic E-state index is 0.136. The maximum absolute atomic E-state index is 2.82. The van der Waals surface area contributed by atoms with E-state index in [2.05, 4.69) is 265 Å². The predicted molar refractivity (Wildman–Crippen MR) is 367 cm³/mol. The normalized spacial score (nSPS) is 15.2. The lowest BCUT2D eigenvalue weighted by atomic mass is 9.83. The van der Waals surface area contributed by atoms with Gasteiger partial charge in [-0.15, -0.1) is 0 Å². The van der Waals surface area contributed by atoms with Crippen LogP contribution in [0.25, 0.3) is 87.3 Å². The van der Waals surface area contributed by atoms with Crippen LogP contribution in [-0.2, 0) is 44.9 Å². The van der Waals surface area contributed by atoms with Crippen LogP contribution in [0.5, 0.6) is 0 Å². The number of aromatic nitrogens is 2. The third-order valence-corrected chi connectivity index (χ3v) is 20.0. The van der Waals surface area contributed by atoms with Crippen molar-refractivity contribution in [2.24, 2.45) is 0 Å². The van der Waals surface area contributed by atoms with Crippen molar-refractivity contribution < 1.29 is 0 Å². The summed E-state index contributed by atoms with van der Waals surface area (Å²) in [7, 11) is 0. The van der Waals surface area contributed by atoms with Crippen LogP contribution in [0.4, 0.5) is 22.7 Å². The van der Waals surface area contributed by atoms with E-state index in [1.807, 2.05) is 0 Å². The van der Waals surface area contributed by atoms with Gasteiger partial charge in [0.25, 0.3) is 0 Å². The molecule has 14 aromatic rings. The molecule has 16 rings (SSSR count). The van der Waals surface area contributed by atoms with E-state index >= 15 is 0 Å². The summed E-state index contributed by atoms with van der Waals surface area (Å²) in [6.07, 6.45) is 12.5. The van der Waals surface area contributed by atoms with Gasteiger partial charge in [-0.3, -0.25) is 0 Å². The van der Waals surface area contributed by atoms with E-state index in [0.717, 1.165) is 77.0 Å². The summed E-state index contributed by atoms with van der Waals surface area (Å²) < 4.78 is 5.12. The second kappa shape index (κ2) is 21.4. The number of para-hydroxylation sites is 4. The van der Waals surface area contributed by atoms with Crippen molar-refractivity contribution in [2.75, 3.05) is 9.80 Å². The summed E-state index contributed by atoms with van der Waals surface area (Å²) in [5.41, 5.74) is 24.1. The largest absolute Gasteiger partial charge is 0.337 e. The van der Waals surface area contributed by atoms with Gasteiger partial charge in [0.1, 0.15) is 0 Å². The number of anilines is 4. The smallest absolute Gasteiger partial charge is 0.0594 e. The van der Waals surface area contributed by atoms with Gasteiger partial charge in [0, 0.05) is 72.5 Å². The van der Waals surface area contributed by atoms with Gasteiger partial charge in [-0.2, -0.15) is 0 Å². The average molecular weight is 1120 g/mol. The zero-order valence-electron chi connectivity index (χ0n) is 50.2. The van der Waals surface area contributed by atoms with Gasteiger partial charge in [0.2, 0.25) is 0 Å². The topological polar surface area (TPSA) is 16.3 Å². The number of aryl methyl sites for hydroxylation is 6. The average Bonchev–Trinajstić information content (AvgIpc) is 1.01. The molecular formula is C82H74N4. The fraction of sp³-hybridized carbons (Fsp3) is 0.220. The lowest BCUT2D eigenvalue weighted by Crippen LogP contribution is -2.36. The molecule has 0 saturated carbocycles. The van der Waals surface area contributed by atoms with Crippen LogP contribution in [-0.4, -0.2) is 15.2 Å². The fourth-order valence-electron chi connectivity index (χ4n) is 16.2. The van der Waals surface area contributed by atoms with E-state index in [9.17, 15) is 0 Å². The van der Waals surface area contributed by atoms with Gasteiger partial charge in [-0.1, -0.05) is 198 Å². The minimum atomic E-state index is 0.136. The Morgan fingerprint density at radius 3 is 1.42 bits per heavy atom. The first-order valence-corrected chi connectivity index (χ1v) is 32.2. The minimum Gasteiger partial charge on any atom is -0.337 e. The van der Waals surface area contributed by atoms with E-state index < -0.39 is 0 Å². The molecule has 2 aliphatic carbocycles. The van der Waals surface area contributed by atoms with E-state index in [0.29, 0.717) is 0 Å². The fourth-order valence-corrected chi connectivity index (χ4v) is 16.2. The molecule has 0 N–H and O–H groups in total. The number of hydrogen-bond acceptors (Lipinski definition) is 2. The molecule has 0 fully saturated rings. The summed E-state index contributed by atoms with van der Waals surface area (Å²) in [4.78, 5) is 5.62. The first-order chi connectivity index (χ1) is 42.5. The maximum atomic E-state index is 2.82. The second-order valence-corrected chi connectivity index (χ2v) is 24.8. The molecule has 2 atom stereocenters. The molecule has 0 aliphatic heterocycles. The van der Waals surface area contributed by atoms with Gasteiger partial charge in [0.05, 0.1) is 28.1 Å². The molecular weight excluding hydrogens is 1040 g/mol. The summed E-state index contributed by atoms with van der Waals surface area (Å²) in [5.74, 6) is 0. The highest BCUT2D eigenvalue weighted by Crippen LogP contribution is 2.52. The number of nitrogens with zero attached hydrogens (tertiary/aromatic N) is 4. The SMILES string of the molecule is CCCc1cc(N(c2ccc3c4ccccc4n(-c4ccccc4CC)c3c2)C2CCc3ccccc3C2)c2ccc3c(CCC)cc(N(c4ccc5c6ccccc6n(-c6ccccc6CC)c5c4)C4CCCc5ccccc54)c4ccc1c2c34. The monoisotopic (exact) mass is 1110 g/mol. The van der Waals surface area contributed by atoms with Crippen molar-refractivity contribution in [1.29, 1.82) is 0 Å². The van der Waals surface area contributed by atoms with Crippen LogP contribution >= 0.6 is 0 Å². The van der Waals surface area contributed by atoms with Gasteiger partial charge >= 0.3 is 0 Å². The molecule has 0 spiro atoms. The molecule has 2 heterocycles. The van der Waals surface area contributed by atoms with Crippen LogP contribution in [0.1, 0.15) is 110 Å². The Hall–Kier alpha value is -9.12. The zero-order chi connectivity index (χ0) is 57.6. The van der Waals surface area contributed by atoms with E-state index in [-0.39, 0.29) is 12.1 Å². The number of hydrogen-bond donors (Lipinski definition) is 0. The Bertz CT molecular complexity index is 4930. The Balaban J connectivity index is 0.976. The van der Waals surface area contributed by atoms with Crippen molar-refractivity contribution >= 4 is 98.7 Å². The van der Waals surface area contributed by atoms with E-state index in [1.165, 1.54) is 155 Å².